The van der Waals surface area contributed by atoms with Crippen molar-refractivity contribution < 1.29 is 9.59 Å². The summed E-state index contributed by atoms with van der Waals surface area (Å²) < 4.78 is 0. The molecule has 0 saturated carbocycles. The van der Waals surface area contributed by atoms with E-state index in [9.17, 15) is 9.59 Å². The van der Waals surface area contributed by atoms with Gasteiger partial charge >= 0.3 is 0 Å². The highest BCUT2D eigenvalue weighted by Gasteiger charge is 2.27. The van der Waals surface area contributed by atoms with E-state index in [1.165, 1.54) is 11.3 Å². The zero-order valence-corrected chi connectivity index (χ0v) is 14.7. The van der Waals surface area contributed by atoms with Crippen molar-refractivity contribution in [1.29, 1.82) is 0 Å². The SMILES string of the molecule is O=C(Nc1nncs1)C1CCN(C(=O)CSc2ccccc2)CC1. The molecular weight excluding hydrogens is 344 g/mol. The second-order valence-corrected chi connectivity index (χ2v) is 7.37. The molecule has 1 aromatic carbocycles. The molecule has 126 valence electrons. The first-order valence-electron chi connectivity index (χ1n) is 7.75. The Morgan fingerprint density at radius 3 is 2.67 bits per heavy atom. The number of carbonyl (C=O) groups is 2. The number of hydrogen-bond acceptors (Lipinski definition) is 6. The summed E-state index contributed by atoms with van der Waals surface area (Å²) >= 11 is 2.85. The number of nitrogens with zero attached hydrogens (tertiary/aromatic N) is 3. The van der Waals surface area contributed by atoms with Crippen LogP contribution in [0.1, 0.15) is 12.8 Å². The van der Waals surface area contributed by atoms with Crippen molar-refractivity contribution >= 4 is 40.0 Å². The Bertz CT molecular complexity index is 671. The van der Waals surface area contributed by atoms with Crippen LogP contribution in [-0.4, -0.2) is 45.8 Å². The number of carbonyl (C=O) groups excluding carboxylic acids is 2. The van der Waals surface area contributed by atoms with Crippen LogP contribution in [0.5, 0.6) is 0 Å². The lowest BCUT2D eigenvalue weighted by Crippen LogP contribution is -2.42. The maximum absolute atomic E-state index is 12.3. The van der Waals surface area contributed by atoms with Gasteiger partial charge in [-0.05, 0) is 25.0 Å². The fourth-order valence-corrected chi connectivity index (χ4v) is 3.85. The fourth-order valence-electron chi connectivity index (χ4n) is 2.58. The van der Waals surface area contributed by atoms with Gasteiger partial charge in [0.15, 0.2) is 0 Å². The average molecular weight is 362 g/mol. The average Bonchev–Trinajstić information content (AvgIpc) is 3.13. The van der Waals surface area contributed by atoms with Crippen molar-refractivity contribution in [3.63, 3.8) is 0 Å². The Morgan fingerprint density at radius 1 is 1.25 bits per heavy atom. The van der Waals surface area contributed by atoms with Gasteiger partial charge in [-0.25, -0.2) is 0 Å². The highest BCUT2D eigenvalue weighted by molar-refractivity contribution is 8.00. The largest absolute Gasteiger partial charge is 0.342 e. The van der Waals surface area contributed by atoms with Gasteiger partial charge in [-0.1, -0.05) is 29.5 Å². The van der Waals surface area contributed by atoms with E-state index in [0.29, 0.717) is 36.8 Å². The minimum Gasteiger partial charge on any atom is -0.342 e. The molecule has 0 bridgehead atoms. The third-order valence-corrected chi connectivity index (χ3v) is 5.52. The Hall–Kier alpha value is -1.93. The zero-order chi connectivity index (χ0) is 16.8. The molecule has 6 nitrogen and oxygen atoms in total. The predicted molar refractivity (Wildman–Crippen MR) is 95.0 cm³/mol. The Balaban J connectivity index is 1.42. The molecular formula is C16H18N4O2S2. The number of benzene rings is 1. The van der Waals surface area contributed by atoms with Gasteiger partial charge in [-0.3, -0.25) is 9.59 Å². The number of anilines is 1. The number of rotatable bonds is 5. The topological polar surface area (TPSA) is 75.2 Å². The van der Waals surface area contributed by atoms with Crippen LogP contribution >= 0.6 is 23.1 Å². The quantitative estimate of drug-likeness (QED) is 0.827. The second-order valence-electron chi connectivity index (χ2n) is 5.49. The van der Waals surface area contributed by atoms with Crippen molar-refractivity contribution in [1.82, 2.24) is 15.1 Å². The van der Waals surface area contributed by atoms with E-state index < -0.39 is 0 Å². The van der Waals surface area contributed by atoms with Gasteiger partial charge in [0, 0.05) is 23.9 Å². The number of likely N-dealkylation sites (tertiary alicyclic amines) is 1. The molecule has 1 aromatic heterocycles. The van der Waals surface area contributed by atoms with E-state index in [4.69, 9.17) is 0 Å². The molecule has 8 heteroatoms. The third kappa shape index (κ3) is 4.55. The van der Waals surface area contributed by atoms with Crippen LogP contribution < -0.4 is 5.32 Å². The first-order chi connectivity index (χ1) is 11.7. The number of amides is 2. The first-order valence-corrected chi connectivity index (χ1v) is 9.61. The summed E-state index contributed by atoms with van der Waals surface area (Å²) in [5.41, 5.74) is 1.58. The summed E-state index contributed by atoms with van der Waals surface area (Å²) in [7, 11) is 0. The van der Waals surface area contributed by atoms with Gasteiger partial charge in [0.05, 0.1) is 5.75 Å². The standard InChI is InChI=1S/C16H18N4O2S2/c21-14(10-23-13-4-2-1-3-5-13)20-8-6-12(7-9-20)15(22)18-16-19-17-11-24-16/h1-5,11-12H,6-10H2,(H,18,19,22). The van der Waals surface area contributed by atoms with E-state index in [-0.39, 0.29) is 17.7 Å². The normalized spacial score (nSPS) is 15.2. The first kappa shape index (κ1) is 16.9. The molecule has 2 aromatic rings. The fraction of sp³-hybridized carbons (Fsp3) is 0.375. The molecule has 3 rings (SSSR count). The van der Waals surface area contributed by atoms with Crippen molar-refractivity contribution in [2.24, 2.45) is 5.92 Å². The molecule has 1 fully saturated rings. The molecule has 0 spiro atoms. The van der Waals surface area contributed by atoms with E-state index in [2.05, 4.69) is 15.5 Å². The summed E-state index contributed by atoms with van der Waals surface area (Å²) in [6.07, 6.45) is 1.37. The van der Waals surface area contributed by atoms with Gasteiger partial charge in [0.1, 0.15) is 5.51 Å². The minimum absolute atomic E-state index is 0.0301. The van der Waals surface area contributed by atoms with E-state index >= 15 is 0 Å². The monoisotopic (exact) mass is 362 g/mol. The van der Waals surface area contributed by atoms with Crippen LogP contribution in [0, 0.1) is 5.92 Å². The van der Waals surface area contributed by atoms with E-state index in [0.717, 1.165) is 4.90 Å². The second kappa shape index (κ2) is 8.25. The van der Waals surface area contributed by atoms with Crippen LogP contribution in [0.2, 0.25) is 0 Å². The molecule has 2 amide bonds. The van der Waals surface area contributed by atoms with Crippen LogP contribution in [0.3, 0.4) is 0 Å². The van der Waals surface area contributed by atoms with E-state index in [1.54, 1.807) is 17.3 Å². The minimum atomic E-state index is -0.0697. The van der Waals surface area contributed by atoms with Gasteiger partial charge < -0.3 is 10.2 Å². The molecule has 0 radical (unpaired) electrons. The zero-order valence-electron chi connectivity index (χ0n) is 13.1. The van der Waals surface area contributed by atoms with Crippen molar-refractivity contribution in [3.05, 3.63) is 35.8 Å². The van der Waals surface area contributed by atoms with Crippen LogP contribution in [0.15, 0.2) is 40.7 Å². The summed E-state index contributed by atoms with van der Waals surface area (Å²) in [6.45, 7) is 1.25. The van der Waals surface area contributed by atoms with Crippen LogP contribution in [-0.2, 0) is 9.59 Å². The Morgan fingerprint density at radius 2 is 2.00 bits per heavy atom. The summed E-state index contributed by atoms with van der Waals surface area (Å²) in [5, 5.41) is 10.8. The lowest BCUT2D eigenvalue weighted by molar-refractivity contribution is -0.132. The smallest absolute Gasteiger partial charge is 0.232 e. The maximum atomic E-state index is 12.3. The van der Waals surface area contributed by atoms with Gasteiger partial charge in [0.2, 0.25) is 16.9 Å². The number of piperidine rings is 1. The van der Waals surface area contributed by atoms with Gasteiger partial charge in [-0.2, -0.15) is 0 Å². The van der Waals surface area contributed by atoms with Crippen LogP contribution in [0.25, 0.3) is 0 Å². The lowest BCUT2D eigenvalue weighted by Gasteiger charge is -2.31. The predicted octanol–water partition coefficient (Wildman–Crippen LogP) is 2.51. The number of aromatic nitrogens is 2. The molecule has 0 aliphatic carbocycles. The maximum Gasteiger partial charge on any atom is 0.232 e. The lowest BCUT2D eigenvalue weighted by atomic mass is 9.96. The summed E-state index contributed by atoms with van der Waals surface area (Å²) in [6, 6.07) is 9.90. The molecule has 2 heterocycles. The Kier molecular flexibility index (Phi) is 5.81. The van der Waals surface area contributed by atoms with Gasteiger partial charge in [0.25, 0.3) is 0 Å². The number of thioether (sulfide) groups is 1. The molecule has 1 saturated heterocycles. The third-order valence-electron chi connectivity index (χ3n) is 3.91. The highest BCUT2D eigenvalue weighted by Crippen LogP contribution is 2.22. The Labute approximate surface area is 148 Å². The number of nitrogens with one attached hydrogen (secondary N) is 1. The highest BCUT2D eigenvalue weighted by atomic mass is 32.2. The molecule has 1 aliphatic rings. The molecule has 0 atom stereocenters. The molecule has 1 aliphatic heterocycles. The molecule has 0 unspecified atom stereocenters. The molecule has 1 N–H and O–H groups in total. The summed E-state index contributed by atoms with van der Waals surface area (Å²) in [5.74, 6) is 0.468. The molecule has 24 heavy (non-hydrogen) atoms. The summed E-state index contributed by atoms with van der Waals surface area (Å²) in [4.78, 5) is 27.4. The van der Waals surface area contributed by atoms with Crippen molar-refractivity contribution in [3.8, 4) is 0 Å². The van der Waals surface area contributed by atoms with Crippen molar-refractivity contribution in [2.45, 2.75) is 17.7 Å². The number of hydrogen-bond donors (Lipinski definition) is 1. The van der Waals surface area contributed by atoms with E-state index in [1.807, 2.05) is 35.2 Å². The van der Waals surface area contributed by atoms with Gasteiger partial charge in [-0.15, -0.1) is 22.0 Å². The van der Waals surface area contributed by atoms with Crippen LogP contribution in [0.4, 0.5) is 5.13 Å². The van der Waals surface area contributed by atoms with Crippen molar-refractivity contribution in [2.75, 3.05) is 24.2 Å².